The van der Waals surface area contributed by atoms with Crippen LogP contribution in [0.15, 0.2) is 0 Å². The molecule has 0 aromatic carbocycles. The zero-order chi connectivity index (χ0) is 11.5. The van der Waals surface area contributed by atoms with Crippen molar-refractivity contribution < 1.29 is 9.53 Å². The van der Waals surface area contributed by atoms with Crippen LogP contribution in [0.2, 0.25) is 0 Å². The van der Waals surface area contributed by atoms with Gasteiger partial charge in [-0.05, 0) is 19.3 Å². The van der Waals surface area contributed by atoms with Gasteiger partial charge in [0, 0.05) is 32.1 Å². The van der Waals surface area contributed by atoms with E-state index in [1.807, 2.05) is 13.8 Å². The van der Waals surface area contributed by atoms with Crippen molar-refractivity contribution in [2.75, 3.05) is 19.8 Å². The lowest BCUT2D eigenvalue weighted by molar-refractivity contribution is -0.122. The van der Waals surface area contributed by atoms with Crippen LogP contribution in [0, 0.1) is 5.92 Å². The first kappa shape index (κ1) is 14.9. The van der Waals surface area contributed by atoms with E-state index in [2.05, 4.69) is 17.5 Å². The van der Waals surface area contributed by atoms with Crippen LogP contribution >= 0.6 is 12.8 Å². The van der Waals surface area contributed by atoms with Crippen LogP contribution in [0.3, 0.4) is 0 Å². The second-order valence-corrected chi connectivity index (χ2v) is 4.27. The lowest BCUT2D eigenvalue weighted by Gasteiger charge is -2.05. The fourth-order valence-corrected chi connectivity index (χ4v) is 1.31. The molecule has 3 nitrogen and oxygen atoms in total. The first-order chi connectivity index (χ1) is 7.18. The third-order valence-corrected chi connectivity index (χ3v) is 2.41. The van der Waals surface area contributed by atoms with Gasteiger partial charge in [0.2, 0.25) is 0 Å². The zero-order valence-electron chi connectivity index (χ0n) is 9.79. The summed E-state index contributed by atoms with van der Waals surface area (Å²) in [5.74, 6) is 0.529. The molecule has 0 saturated carbocycles. The molecule has 1 N–H and O–H groups in total. The van der Waals surface area contributed by atoms with Crippen molar-refractivity contribution in [3.63, 3.8) is 0 Å². The second kappa shape index (κ2) is 10.5. The molecular formula is C11H23NO2S. The highest BCUT2D eigenvalue weighted by Gasteiger charge is 2.05. The SMILES string of the molecule is CC(C)C(=O)CCCCOCCCNS. The van der Waals surface area contributed by atoms with Gasteiger partial charge in [-0.2, -0.15) is 0 Å². The summed E-state index contributed by atoms with van der Waals surface area (Å²) in [6, 6.07) is 0. The lowest BCUT2D eigenvalue weighted by atomic mass is 10.0. The summed E-state index contributed by atoms with van der Waals surface area (Å²) in [4.78, 5) is 11.3. The van der Waals surface area contributed by atoms with E-state index < -0.39 is 0 Å². The molecule has 0 saturated heterocycles. The third kappa shape index (κ3) is 10.2. The number of hydrogen-bond donors (Lipinski definition) is 2. The van der Waals surface area contributed by atoms with Crippen molar-refractivity contribution in [3.05, 3.63) is 0 Å². The highest BCUT2D eigenvalue weighted by atomic mass is 32.1. The fourth-order valence-electron chi connectivity index (χ4n) is 1.15. The number of rotatable bonds is 10. The molecule has 15 heavy (non-hydrogen) atoms. The maximum Gasteiger partial charge on any atom is 0.135 e. The molecule has 0 rings (SSSR count). The molecule has 4 heteroatoms. The van der Waals surface area contributed by atoms with Crippen LogP contribution in [0.1, 0.15) is 39.5 Å². The molecule has 0 amide bonds. The first-order valence-corrected chi connectivity index (χ1v) is 6.10. The van der Waals surface area contributed by atoms with Gasteiger partial charge in [0.05, 0.1) is 0 Å². The summed E-state index contributed by atoms with van der Waals surface area (Å²) >= 11 is 3.88. The van der Waals surface area contributed by atoms with Crippen molar-refractivity contribution >= 4 is 18.6 Å². The molecule has 0 aliphatic rings. The predicted molar refractivity (Wildman–Crippen MR) is 66.1 cm³/mol. The normalized spacial score (nSPS) is 10.9. The number of Topliss-reactive ketones (excluding diaryl/α,β-unsaturated/α-hetero) is 1. The summed E-state index contributed by atoms with van der Waals surface area (Å²) in [5, 5.41) is 0. The number of ether oxygens (including phenoxy) is 1. The summed E-state index contributed by atoms with van der Waals surface area (Å²) in [7, 11) is 0. The van der Waals surface area contributed by atoms with E-state index in [0.29, 0.717) is 12.2 Å². The smallest absolute Gasteiger partial charge is 0.135 e. The number of nitrogens with one attached hydrogen (secondary N) is 1. The van der Waals surface area contributed by atoms with Gasteiger partial charge in [-0.25, -0.2) is 0 Å². The zero-order valence-corrected chi connectivity index (χ0v) is 10.7. The minimum absolute atomic E-state index is 0.174. The van der Waals surface area contributed by atoms with Gasteiger partial charge < -0.3 is 4.74 Å². The van der Waals surface area contributed by atoms with Gasteiger partial charge in [-0.15, -0.1) is 0 Å². The fraction of sp³-hybridized carbons (Fsp3) is 0.909. The molecule has 0 unspecified atom stereocenters. The molecule has 0 aliphatic carbocycles. The number of unbranched alkanes of at least 4 members (excludes halogenated alkanes) is 1. The predicted octanol–water partition coefficient (Wildman–Crippen LogP) is 2.22. The van der Waals surface area contributed by atoms with Gasteiger partial charge >= 0.3 is 0 Å². The van der Waals surface area contributed by atoms with Gasteiger partial charge in [0.25, 0.3) is 0 Å². The van der Waals surface area contributed by atoms with Gasteiger partial charge in [-0.1, -0.05) is 26.7 Å². The van der Waals surface area contributed by atoms with E-state index in [-0.39, 0.29) is 5.92 Å². The number of hydrogen-bond acceptors (Lipinski definition) is 4. The number of carbonyl (C=O) groups excluding carboxylic acids is 1. The molecular weight excluding hydrogens is 210 g/mol. The molecule has 0 aromatic rings. The van der Waals surface area contributed by atoms with Crippen LogP contribution in [0.5, 0.6) is 0 Å². The number of thiol groups is 1. The van der Waals surface area contributed by atoms with Crippen molar-refractivity contribution in [3.8, 4) is 0 Å². The van der Waals surface area contributed by atoms with Gasteiger partial charge in [-0.3, -0.25) is 9.52 Å². The Kier molecular flexibility index (Phi) is 10.4. The van der Waals surface area contributed by atoms with E-state index in [1.165, 1.54) is 0 Å². The standard InChI is InChI=1S/C11H23NO2S/c1-10(2)11(13)6-3-4-8-14-9-5-7-12-15/h10,12,15H,3-9H2,1-2H3. The van der Waals surface area contributed by atoms with Crippen LogP contribution in [-0.2, 0) is 9.53 Å². The summed E-state index contributed by atoms with van der Waals surface area (Å²) < 4.78 is 8.16. The molecule has 0 atom stereocenters. The Labute approximate surface area is 98.5 Å². The molecule has 0 heterocycles. The minimum atomic E-state index is 0.174. The maximum absolute atomic E-state index is 11.3. The quantitative estimate of drug-likeness (QED) is 0.449. The van der Waals surface area contributed by atoms with Gasteiger partial charge in [0.15, 0.2) is 0 Å². The monoisotopic (exact) mass is 233 g/mol. The largest absolute Gasteiger partial charge is 0.381 e. The Bertz CT molecular complexity index is 163. The van der Waals surface area contributed by atoms with Crippen molar-refractivity contribution in [1.82, 2.24) is 4.72 Å². The van der Waals surface area contributed by atoms with E-state index in [0.717, 1.165) is 39.0 Å². The Morgan fingerprint density at radius 2 is 1.93 bits per heavy atom. The molecule has 0 bridgehead atoms. The summed E-state index contributed by atoms with van der Waals surface area (Å²) in [6.45, 7) is 6.30. The molecule has 0 aliphatic heterocycles. The molecule has 90 valence electrons. The van der Waals surface area contributed by atoms with E-state index in [1.54, 1.807) is 0 Å². The average molecular weight is 233 g/mol. The lowest BCUT2D eigenvalue weighted by Crippen LogP contribution is -2.08. The van der Waals surface area contributed by atoms with Crippen molar-refractivity contribution in [1.29, 1.82) is 0 Å². The third-order valence-electron chi connectivity index (χ3n) is 2.18. The Morgan fingerprint density at radius 1 is 1.27 bits per heavy atom. The van der Waals surface area contributed by atoms with Gasteiger partial charge in [0.1, 0.15) is 5.78 Å². The number of ketones is 1. The Hall–Kier alpha value is -0.0600. The van der Waals surface area contributed by atoms with Crippen LogP contribution in [0.25, 0.3) is 0 Å². The van der Waals surface area contributed by atoms with E-state index in [4.69, 9.17) is 4.74 Å². The van der Waals surface area contributed by atoms with E-state index in [9.17, 15) is 4.79 Å². The minimum Gasteiger partial charge on any atom is -0.381 e. The Balaban J connectivity index is 3.08. The molecule has 0 aromatic heterocycles. The average Bonchev–Trinajstić information content (AvgIpc) is 2.21. The second-order valence-electron chi connectivity index (χ2n) is 3.95. The molecule has 0 fully saturated rings. The topological polar surface area (TPSA) is 38.3 Å². The molecule has 0 radical (unpaired) electrons. The Morgan fingerprint density at radius 3 is 2.53 bits per heavy atom. The van der Waals surface area contributed by atoms with Crippen LogP contribution in [-0.4, -0.2) is 25.5 Å². The first-order valence-electron chi connectivity index (χ1n) is 5.66. The van der Waals surface area contributed by atoms with E-state index >= 15 is 0 Å². The van der Waals surface area contributed by atoms with Crippen LogP contribution in [0.4, 0.5) is 0 Å². The summed E-state index contributed by atoms with van der Waals surface area (Å²) in [5.41, 5.74) is 0. The maximum atomic E-state index is 11.3. The summed E-state index contributed by atoms with van der Waals surface area (Å²) in [6.07, 6.45) is 3.60. The van der Waals surface area contributed by atoms with Crippen molar-refractivity contribution in [2.24, 2.45) is 5.92 Å². The van der Waals surface area contributed by atoms with Crippen LogP contribution < -0.4 is 4.72 Å². The highest BCUT2D eigenvalue weighted by molar-refractivity contribution is 7.78. The molecule has 0 spiro atoms. The van der Waals surface area contributed by atoms with Crippen molar-refractivity contribution in [2.45, 2.75) is 39.5 Å². The number of carbonyl (C=O) groups is 1. The highest BCUT2D eigenvalue weighted by Crippen LogP contribution is 2.04.